The number of aromatic nitrogens is 1. The number of rotatable bonds is 4. The minimum atomic E-state index is -1.07. The molecule has 0 saturated carbocycles. The molecule has 7 heteroatoms. The number of carbonyl (C=O) groups is 2. The van der Waals surface area contributed by atoms with E-state index < -0.39 is 11.8 Å². The van der Waals surface area contributed by atoms with Gasteiger partial charge >= 0.3 is 11.8 Å². The molecule has 110 valence electrons. The highest BCUT2D eigenvalue weighted by atomic mass is 16.3. The molecule has 2 heterocycles. The van der Waals surface area contributed by atoms with Crippen molar-refractivity contribution in [2.75, 3.05) is 0 Å². The zero-order chi connectivity index (χ0) is 15.4. The summed E-state index contributed by atoms with van der Waals surface area (Å²) in [5.74, 6) is -1.17. The van der Waals surface area contributed by atoms with Crippen LogP contribution in [0.25, 0.3) is 0 Å². The minimum absolute atomic E-state index is 0.617. The fraction of sp³-hybridized carbons (Fsp3) is 0.214. The van der Waals surface area contributed by atoms with Crippen LogP contribution in [0.15, 0.2) is 34.0 Å². The average molecular weight is 288 g/mol. The normalized spacial score (nSPS) is 11.0. The van der Waals surface area contributed by atoms with E-state index in [0.717, 1.165) is 22.7 Å². The van der Waals surface area contributed by atoms with Crippen molar-refractivity contribution in [3.05, 3.63) is 47.2 Å². The molecule has 21 heavy (non-hydrogen) atoms. The molecule has 0 saturated heterocycles. The number of primary amides is 1. The van der Waals surface area contributed by atoms with Gasteiger partial charge in [-0.15, -0.1) is 0 Å². The molecule has 0 fully saturated rings. The van der Waals surface area contributed by atoms with E-state index in [9.17, 15) is 9.59 Å². The van der Waals surface area contributed by atoms with Gasteiger partial charge in [0.05, 0.1) is 19.0 Å². The number of aryl methyl sites for hydroxylation is 1. The third kappa shape index (κ3) is 3.38. The van der Waals surface area contributed by atoms with E-state index in [2.05, 4.69) is 15.1 Å². The number of furan rings is 1. The Morgan fingerprint density at radius 3 is 2.86 bits per heavy atom. The predicted octanol–water partition coefficient (Wildman–Crippen LogP) is 0.682. The molecule has 0 aliphatic heterocycles. The number of hydrogen-bond donors (Lipinski definition) is 2. The molecule has 2 rings (SSSR count). The fourth-order valence-electron chi connectivity index (χ4n) is 1.98. The summed E-state index contributed by atoms with van der Waals surface area (Å²) in [5.41, 5.74) is 9.71. The van der Waals surface area contributed by atoms with E-state index in [1.54, 1.807) is 6.26 Å². The Bertz CT molecular complexity index is 683. The summed E-state index contributed by atoms with van der Waals surface area (Å²) in [6.45, 7) is 4.52. The third-order valence-corrected chi connectivity index (χ3v) is 3.10. The first-order valence-corrected chi connectivity index (χ1v) is 6.31. The molecule has 0 aromatic carbocycles. The maximum Gasteiger partial charge on any atom is 0.329 e. The first-order valence-electron chi connectivity index (χ1n) is 6.31. The van der Waals surface area contributed by atoms with Crippen LogP contribution in [0.3, 0.4) is 0 Å². The van der Waals surface area contributed by atoms with Crippen LogP contribution in [-0.2, 0) is 16.1 Å². The zero-order valence-corrected chi connectivity index (χ0v) is 11.8. The van der Waals surface area contributed by atoms with E-state index in [1.165, 1.54) is 6.21 Å². The van der Waals surface area contributed by atoms with Crippen LogP contribution in [0.1, 0.15) is 22.7 Å². The number of nitrogens with two attached hydrogens (primary N) is 1. The van der Waals surface area contributed by atoms with Crippen molar-refractivity contribution in [3.63, 3.8) is 0 Å². The number of nitrogens with one attached hydrogen (secondary N) is 1. The Balaban J connectivity index is 2.13. The summed E-state index contributed by atoms with van der Waals surface area (Å²) in [4.78, 5) is 21.6. The lowest BCUT2D eigenvalue weighted by molar-refractivity contribution is -0.137. The molecule has 0 unspecified atom stereocenters. The molecular weight excluding hydrogens is 272 g/mol. The largest absolute Gasteiger partial charge is 0.467 e. The number of hydrazone groups is 1. The van der Waals surface area contributed by atoms with Gasteiger partial charge in [0.25, 0.3) is 0 Å². The number of nitrogens with zero attached hydrogens (tertiary/aromatic N) is 2. The van der Waals surface area contributed by atoms with E-state index in [1.807, 2.05) is 32.0 Å². The van der Waals surface area contributed by atoms with Gasteiger partial charge in [-0.2, -0.15) is 5.10 Å². The Hall–Kier alpha value is -2.83. The average Bonchev–Trinajstić information content (AvgIpc) is 3.03. The third-order valence-electron chi connectivity index (χ3n) is 3.10. The van der Waals surface area contributed by atoms with Crippen LogP contribution >= 0.6 is 0 Å². The molecule has 0 spiro atoms. The summed E-state index contributed by atoms with van der Waals surface area (Å²) in [6.07, 6.45) is 3.10. The van der Waals surface area contributed by atoms with Crippen LogP contribution < -0.4 is 11.2 Å². The summed E-state index contributed by atoms with van der Waals surface area (Å²) >= 11 is 0. The van der Waals surface area contributed by atoms with Gasteiger partial charge in [-0.1, -0.05) is 0 Å². The number of carbonyl (C=O) groups excluding carboxylic acids is 2. The van der Waals surface area contributed by atoms with Gasteiger partial charge < -0.3 is 14.7 Å². The molecule has 7 nitrogen and oxygen atoms in total. The van der Waals surface area contributed by atoms with Gasteiger partial charge in [-0.25, -0.2) is 5.43 Å². The van der Waals surface area contributed by atoms with Crippen LogP contribution in [-0.4, -0.2) is 22.6 Å². The second-order valence-electron chi connectivity index (χ2n) is 4.56. The van der Waals surface area contributed by atoms with Gasteiger partial charge in [-0.3, -0.25) is 9.59 Å². The Morgan fingerprint density at radius 2 is 2.24 bits per heavy atom. The lowest BCUT2D eigenvalue weighted by Gasteiger charge is -2.07. The summed E-state index contributed by atoms with van der Waals surface area (Å²) in [5, 5.41) is 3.71. The van der Waals surface area contributed by atoms with E-state index in [-0.39, 0.29) is 0 Å². The topological polar surface area (TPSA) is 103 Å². The van der Waals surface area contributed by atoms with Crippen LogP contribution in [0, 0.1) is 13.8 Å². The van der Waals surface area contributed by atoms with Crippen LogP contribution in [0.4, 0.5) is 0 Å². The van der Waals surface area contributed by atoms with Crippen molar-refractivity contribution in [3.8, 4) is 0 Å². The van der Waals surface area contributed by atoms with Gasteiger partial charge in [0.1, 0.15) is 5.76 Å². The van der Waals surface area contributed by atoms with Crippen LogP contribution in [0.2, 0.25) is 0 Å². The molecule has 0 bridgehead atoms. The zero-order valence-electron chi connectivity index (χ0n) is 11.8. The fourth-order valence-corrected chi connectivity index (χ4v) is 1.98. The molecule has 0 aliphatic rings. The molecule has 2 aromatic heterocycles. The van der Waals surface area contributed by atoms with Crippen LogP contribution in [0.5, 0.6) is 0 Å². The molecule has 0 aliphatic carbocycles. The predicted molar refractivity (Wildman–Crippen MR) is 76.6 cm³/mol. The molecule has 0 radical (unpaired) electrons. The molecule has 2 amide bonds. The first-order chi connectivity index (χ1) is 9.99. The van der Waals surface area contributed by atoms with Crippen molar-refractivity contribution in [2.45, 2.75) is 20.4 Å². The maximum absolute atomic E-state index is 11.0. The lowest BCUT2D eigenvalue weighted by atomic mass is 10.3. The van der Waals surface area contributed by atoms with E-state index in [4.69, 9.17) is 10.2 Å². The van der Waals surface area contributed by atoms with Crippen molar-refractivity contribution >= 4 is 18.0 Å². The second kappa shape index (κ2) is 6.08. The Morgan fingerprint density at radius 1 is 1.48 bits per heavy atom. The summed E-state index contributed by atoms with van der Waals surface area (Å²) < 4.78 is 7.40. The molecule has 0 atom stereocenters. The van der Waals surface area contributed by atoms with E-state index in [0.29, 0.717) is 6.54 Å². The summed E-state index contributed by atoms with van der Waals surface area (Å²) in [6, 6.07) is 5.67. The lowest BCUT2D eigenvalue weighted by Crippen LogP contribution is -2.32. The van der Waals surface area contributed by atoms with Gasteiger partial charge in [0.2, 0.25) is 0 Å². The summed E-state index contributed by atoms with van der Waals surface area (Å²) in [7, 11) is 0. The molecule has 3 N–H and O–H groups in total. The van der Waals surface area contributed by atoms with Gasteiger partial charge in [0.15, 0.2) is 0 Å². The van der Waals surface area contributed by atoms with Gasteiger partial charge in [0, 0.05) is 17.0 Å². The quantitative estimate of drug-likeness (QED) is 0.491. The van der Waals surface area contributed by atoms with E-state index >= 15 is 0 Å². The highest BCUT2D eigenvalue weighted by Crippen LogP contribution is 2.15. The Labute approximate surface area is 121 Å². The standard InChI is InChI=1S/C14H16N4O3/c1-9-6-11(7-16-17-14(20)13(15)19)10(2)18(9)8-12-4-3-5-21-12/h3-7H,8H2,1-2H3,(H2,15,19)(H,17,20)/b16-7-. The van der Waals surface area contributed by atoms with Crippen molar-refractivity contribution < 1.29 is 14.0 Å². The van der Waals surface area contributed by atoms with Crippen molar-refractivity contribution in [1.82, 2.24) is 9.99 Å². The number of amides is 2. The van der Waals surface area contributed by atoms with Gasteiger partial charge in [-0.05, 0) is 32.0 Å². The molecule has 2 aromatic rings. The second-order valence-corrected chi connectivity index (χ2v) is 4.56. The van der Waals surface area contributed by atoms with Crippen molar-refractivity contribution in [2.24, 2.45) is 10.8 Å². The minimum Gasteiger partial charge on any atom is -0.467 e. The highest BCUT2D eigenvalue weighted by molar-refractivity contribution is 6.34. The number of hydrogen-bond acceptors (Lipinski definition) is 4. The smallest absolute Gasteiger partial charge is 0.329 e. The highest BCUT2D eigenvalue weighted by Gasteiger charge is 2.10. The maximum atomic E-state index is 11.0. The Kier molecular flexibility index (Phi) is 4.22. The SMILES string of the molecule is Cc1cc(/C=N\NC(=O)C(N)=O)c(C)n1Cc1ccco1. The van der Waals surface area contributed by atoms with Crippen molar-refractivity contribution in [1.29, 1.82) is 0 Å². The molecular formula is C14H16N4O3. The monoisotopic (exact) mass is 288 g/mol. The first kappa shape index (κ1) is 14.6.